The molecule has 0 aliphatic heterocycles. The summed E-state index contributed by atoms with van der Waals surface area (Å²) in [6.07, 6.45) is 5.80. The fourth-order valence-corrected chi connectivity index (χ4v) is 2.77. The van der Waals surface area contributed by atoms with Crippen LogP contribution in [0.3, 0.4) is 0 Å². The third kappa shape index (κ3) is 3.81. The van der Waals surface area contributed by atoms with E-state index in [4.69, 9.17) is 0 Å². The van der Waals surface area contributed by atoms with Gasteiger partial charge in [-0.2, -0.15) is 0 Å². The van der Waals surface area contributed by atoms with Crippen LogP contribution >= 0.6 is 0 Å². The van der Waals surface area contributed by atoms with Gasteiger partial charge in [-0.15, -0.1) is 0 Å². The molecule has 4 nitrogen and oxygen atoms in total. The Labute approximate surface area is 137 Å². The summed E-state index contributed by atoms with van der Waals surface area (Å²) in [5.74, 6) is 0.0266. The van der Waals surface area contributed by atoms with Gasteiger partial charge in [0.25, 0.3) is 11.5 Å². The highest BCUT2D eigenvalue weighted by atomic mass is 16.2. The zero-order valence-corrected chi connectivity index (χ0v) is 14.3. The Morgan fingerprint density at radius 1 is 1.04 bits per heavy atom. The topological polar surface area (TPSA) is 42.3 Å². The molecule has 0 saturated carbocycles. The van der Waals surface area contributed by atoms with Gasteiger partial charge in [-0.05, 0) is 18.9 Å². The van der Waals surface area contributed by atoms with E-state index in [0.29, 0.717) is 10.9 Å². The van der Waals surface area contributed by atoms with E-state index in [1.165, 1.54) is 4.57 Å². The molecule has 2 rings (SSSR count). The van der Waals surface area contributed by atoms with Gasteiger partial charge >= 0.3 is 0 Å². The molecule has 0 unspecified atom stereocenters. The number of nitrogens with zero attached hydrogens (tertiary/aromatic N) is 2. The summed E-state index contributed by atoms with van der Waals surface area (Å²) < 4.78 is 1.51. The van der Waals surface area contributed by atoms with Crippen LogP contribution in [-0.4, -0.2) is 28.5 Å². The van der Waals surface area contributed by atoms with Crippen LogP contribution in [0.1, 0.15) is 49.9 Å². The zero-order chi connectivity index (χ0) is 16.8. The normalized spacial score (nSPS) is 10.9. The van der Waals surface area contributed by atoms with Crippen LogP contribution < -0.4 is 5.56 Å². The van der Waals surface area contributed by atoms with Gasteiger partial charge in [0.15, 0.2) is 0 Å². The lowest BCUT2D eigenvalue weighted by Crippen LogP contribution is -2.34. The molecule has 4 heteroatoms. The molecule has 1 aromatic heterocycles. The van der Waals surface area contributed by atoms with E-state index in [0.717, 1.165) is 44.2 Å². The number of rotatable bonds is 7. The van der Waals surface area contributed by atoms with Gasteiger partial charge < -0.3 is 9.47 Å². The highest BCUT2D eigenvalue weighted by Gasteiger charge is 2.19. The molecule has 0 bridgehead atoms. The van der Waals surface area contributed by atoms with Crippen molar-refractivity contribution in [3.05, 3.63) is 46.4 Å². The minimum atomic E-state index is -0.0641. The zero-order valence-electron chi connectivity index (χ0n) is 14.3. The molecule has 0 fully saturated rings. The van der Waals surface area contributed by atoms with Crippen molar-refractivity contribution in [1.29, 1.82) is 0 Å². The number of aryl methyl sites for hydroxylation is 1. The Bertz CT molecular complexity index is 726. The molecule has 0 radical (unpaired) electrons. The molecular formula is C19H26N2O2. The second-order valence-corrected chi connectivity index (χ2v) is 6.00. The van der Waals surface area contributed by atoms with E-state index >= 15 is 0 Å². The molecular weight excluding hydrogens is 288 g/mol. The lowest BCUT2D eigenvalue weighted by atomic mass is 10.1. The predicted molar refractivity (Wildman–Crippen MR) is 94.9 cm³/mol. The fraction of sp³-hybridized carbons (Fsp3) is 0.474. The number of hydrogen-bond acceptors (Lipinski definition) is 2. The quantitative estimate of drug-likeness (QED) is 0.784. The number of benzene rings is 1. The van der Waals surface area contributed by atoms with Crippen molar-refractivity contribution in [2.24, 2.45) is 7.05 Å². The number of carbonyl (C=O) groups excluding carboxylic acids is 1. The van der Waals surface area contributed by atoms with Gasteiger partial charge in [0.2, 0.25) is 0 Å². The molecule has 1 aromatic carbocycles. The lowest BCUT2D eigenvalue weighted by molar-refractivity contribution is 0.0752. The van der Waals surface area contributed by atoms with Gasteiger partial charge in [0.1, 0.15) is 0 Å². The summed E-state index contributed by atoms with van der Waals surface area (Å²) in [6.45, 7) is 5.80. The number of pyridine rings is 1. The molecule has 124 valence electrons. The van der Waals surface area contributed by atoms with Crippen molar-refractivity contribution in [1.82, 2.24) is 9.47 Å². The van der Waals surface area contributed by atoms with E-state index in [-0.39, 0.29) is 11.5 Å². The lowest BCUT2D eigenvalue weighted by Gasteiger charge is -2.23. The van der Waals surface area contributed by atoms with Crippen LogP contribution in [0, 0.1) is 0 Å². The van der Waals surface area contributed by atoms with E-state index in [9.17, 15) is 9.59 Å². The standard InChI is InChI=1S/C19H26N2O2/c1-4-6-12-21(13-7-5-2)19(23)17-14-20(3)18(22)16-11-9-8-10-15(16)17/h8-11,14H,4-7,12-13H2,1-3H3. The number of aromatic nitrogens is 1. The van der Waals surface area contributed by atoms with Crippen molar-refractivity contribution < 1.29 is 4.79 Å². The first kappa shape index (κ1) is 17.3. The number of amides is 1. The molecule has 23 heavy (non-hydrogen) atoms. The highest BCUT2D eigenvalue weighted by molar-refractivity contribution is 6.06. The molecule has 2 aromatic rings. The number of hydrogen-bond donors (Lipinski definition) is 0. The van der Waals surface area contributed by atoms with Crippen molar-refractivity contribution in [2.75, 3.05) is 13.1 Å². The minimum absolute atomic E-state index is 0.0266. The average Bonchev–Trinajstić information content (AvgIpc) is 2.58. The van der Waals surface area contributed by atoms with E-state index < -0.39 is 0 Å². The van der Waals surface area contributed by atoms with Crippen LogP contribution in [0.15, 0.2) is 35.3 Å². The van der Waals surface area contributed by atoms with Gasteiger partial charge in [0, 0.05) is 37.1 Å². The number of unbranched alkanes of at least 4 members (excludes halogenated alkanes) is 2. The second-order valence-electron chi connectivity index (χ2n) is 6.00. The average molecular weight is 314 g/mol. The van der Waals surface area contributed by atoms with Gasteiger partial charge in [-0.3, -0.25) is 9.59 Å². The first-order valence-corrected chi connectivity index (χ1v) is 8.47. The van der Waals surface area contributed by atoms with Crippen molar-refractivity contribution >= 4 is 16.7 Å². The van der Waals surface area contributed by atoms with Crippen molar-refractivity contribution in [3.63, 3.8) is 0 Å². The first-order valence-electron chi connectivity index (χ1n) is 8.47. The minimum Gasteiger partial charge on any atom is -0.339 e. The summed E-state index contributed by atoms with van der Waals surface area (Å²) >= 11 is 0. The summed E-state index contributed by atoms with van der Waals surface area (Å²) in [7, 11) is 1.70. The Balaban J connectivity index is 2.46. The van der Waals surface area contributed by atoms with E-state index in [2.05, 4.69) is 13.8 Å². The summed E-state index contributed by atoms with van der Waals surface area (Å²) in [5, 5.41) is 1.35. The maximum absolute atomic E-state index is 13.0. The maximum Gasteiger partial charge on any atom is 0.258 e. The summed E-state index contributed by atoms with van der Waals surface area (Å²) in [4.78, 5) is 27.2. The first-order chi connectivity index (χ1) is 11.1. The summed E-state index contributed by atoms with van der Waals surface area (Å²) in [5.41, 5.74) is 0.556. The third-order valence-electron chi connectivity index (χ3n) is 4.17. The molecule has 0 N–H and O–H groups in total. The summed E-state index contributed by atoms with van der Waals surface area (Å²) in [6, 6.07) is 7.36. The van der Waals surface area contributed by atoms with Crippen molar-refractivity contribution in [3.8, 4) is 0 Å². The highest BCUT2D eigenvalue weighted by Crippen LogP contribution is 2.18. The molecule has 1 heterocycles. The van der Waals surface area contributed by atoms with Crippen LogP contribution in [-0.2, 0) is 7.05 Å². The van der Waals surface area contributed by atoms with Crippen LogP contribution in [0.4, 0.5) is 0 Å². The molecule has 0 spiro atoms. The van der Waals surface area contributed by atoms with Crippen LogP contribution in [0.25, 0.3) is 10.8 Å². The van der Waals surface area contributed by atoms with Gasteiger partial charge in [0.05, 0.1) is 5.56 Å². The van der Waals surface area contributed by atoms with E-state index in [1.807, 2.05) is 23.1 Å². The van der Waals surface area contributed by atoms with E-state index in [1.54, 1.807) is 19.3 Å². The predicted octanol–water partition coefficient (Wildman–Crippen LogP) is 3.58. The van der Waals surface area contributed by atoms with Crippen LogP contribution in [0.5, 0.6) is 0 Å². The fourth-order valence-electron chi connectivity index (χ4n) is 2.77. The third-order valence-corrected chi connectivity index (χ3v) is 4.17. The number of carbonyl (C=O) groups is 1. The molecule has 0 aliphatic carbocycles. The van der Waals surface area contributed by atoms with Crippen molar-refractivity contribution in [2.45, 2.75) is 39.5 Å². The molecule has 0 atom stereocenters. The second kappa shape index (κ2) is 7.95. The largest absolute Gasteiger partial charge is 0.339 e. The SMILES string of the molecule is CCCCN(CCCC)C(=O)c1cn(C)c(=O)c2ccccc12. The Kier molecular flexibility index (Phi) is 5.97. The Morgan fingerprint density at radius 2 is 1.61 bits per heavy atom. The Morgan fingerprint density at radius 3 is 2.17 bits per heavy atom. The molecule has 1 amide bonds. The molecule has 0 aliphatic rings. The van der Waals surface area contributed by atoms with Crippen LogP contribution in [0.2, 0.25) is 0 Å². The Hall–Kier alpha value is -2.10. The van der Waals surface area contributed by atoms with Gasteiger partial charge in [-0.1, -0.05) is 44.9 Å². The number of fused-ring (bicyclic) bond motifs is 1. The molecule has 0 saturated heterocycles. The maximum atomic E-state index is 13.0. The monoisotopic (exact) mass is 314 g/mol. The smallest absolute Gasteiger partial charge is 0.258 e. The van der Waals surface area contributed by atoms with Gasteiger partial charge in [-0.25, -0.2) is 0 Å².